The Bertz CT molecular complexity index is 2900. The van der Waals surface area contributed by atoms with Crippen LogP contribution in [0.5, 0.6) is 0 Å². The van der Waals surface area contributed by atoms with Gasteiger partial charge >= 0.3 is 0 Å². The van der Waals surface area contributed by atoms with Gasteiger partial charge in [-0.25, -0.2) is 0 Å². The summed E-state index contributed by atoms with van der Waals surface area (Å²) in [5.41, 5.74) is 11.0. The van der Waals surface area contributed by atoms with Crippen LogP contribution >= 0.6 is 0 Å². The van der Waals surface area contributed by atoms with E-state index < -0.39 is 0 Å². The molecule has 0 bridgehead atoms. The molecule has 0 fully saturated rings. The van der Waals surface area contributed by atoms with Gasteiger partial charge in [-0.05, 0) is 71.8 Å². The summed E-state index contributed by atoms with van der Waals surface area (Å²) >= 11 is 0. The van der Waals surface area contributed by atoms with Crippen molar-refractivity contribution in [2.75, 3.05) is 0 Å². The molecule has 0 aliphatic carbocycles. The molecular formula is C45H25N5. The molecule has 0 unspecified atom stereocenters. The van der Waals surface area contributed by atoms with Crippen LogP contribution in [0.15, 0.2) is 152 Å². The van der Waals surface area contributed by atoms with E-state index in [1.165, 1.54) is 0 Å². The summed E-state index contributed by atoms with van der Waals surface area (Å²) in [5.74, 6) is 0. The molecule has 5 heteroatoms. The fourth-order valence-corrected chi connectivity index (χ4v) is 7.53. The molecule has 0 radical (unpaired) electrons. The molecule has 0 amide bonds. The van der Waals surface area contributed by atoms with Crippen molar-refractivity contribution in [2.45, 2.75) is 0 Å². The van der Waals surface area contributed by atoms with Crippen molar-refractivity contribution in [3.8, 4) is 51.8 Å². The van der Waals surface area contributed by atoms with Crippen molar-refractivity contribution in [3.05, 3.63) is 168 Å². The van der Waals surface area contributed by atoms with Crippen LogP contribution in [0.1, 0.15) is 16.7 Å². The van der Waals surface area contributed by atoms with Gasteiger partial charge in [0.2, 0.25) is 0 Å². The number of nitriles is 3. The Kier molecular flexibility index (Phi) is 6.56. The first-order valence-electron chi connectivity index (χ1n) is 16.3. The first kappa shape index (κ1) is 28.8. The van der Waals surface area contributed by atoms with Gasteiger partial charge in [0.25, 0.3) is 0 Å². The Hall–Kier alpha value is -7.39. The van der Waals surface area contributed by atoms with E-state index in [2.05, 4.69) is 88.0 Å². The average Bonchev–Trinajstić information content (AvgIpc) is 3.69. The minimum Gasteiger partial charge on any atom is -0.309 e. The van der Waals surface area contributed by atoms with E-state index in [1.807, 2.05) is 91.0 Å². The molecule has 0 aliphatic rings. The zero-order chi connectivity index (χ0) is 33.8. The molecule has 0 spiro atoms. The van der Waals surface area contributed by atoms with Crippen LogP contribution < -0.4 is 0 Å². The standard InChI is InChI=1S/C45H25N5/c46-26-29-19-24-43-39(25-29)36-13-3-4-16-40(36)49(43)33-22-20-30(21-23-33)44-31(27-47)9-7-14-37(44)38-15-8-10-32(28-48)45(38)50-41-17-5-1-11-34(41)35-12-2-6-18-42(35)50/h1-25H. The number of hydrogen-bond acceptors (Lipinski definition) is 3. The highest BCUT2D eigenvalue weighted by Gasteiger charge is 2.22. The van der Waals surface area contributed by atoms with Gasteiger partial charge in [-0.1, -0.05) is 91.0 Å². The second-order valence-electron chi connectivity index (χ2n) is 12.3. The highest BCUT2D eigenvalue weighted by atomic mass is 15.0. The summed E-state index contributed by atoms with van der Waals surface area (Å²) in [6.45, 7) is 0. The van der Waals surface area contributed by atoms with Gasteiger partial charge in [0, 0.05) is 38.4 Å². The van der Waals surface area contributed by atoms with Crippen LogP contribution in [0, 0.1) is 34.0 Å². The fraction of sp³-hybridized carbons (Fsp3) is 0. The molecular weight excluding hydrogens is 611 g/mol. The molecule has 50 heavy (non-hydrogen) atoms. The Morgan fingerprint density at radius 2 is 0.940 bits per heavy atom. The maximum atomic E-state index is 10.5. The normalized spacial score (nSPS) is 11.1. The van der Waals surface area contributed by atoms with Gasteiger partial charge in [0.05, 0.1) is 56.6 Å². The number of benzene rings is 7. The molecule has 0 saturated heterocycles. The molecule has 2 aromatic heterocycles. The third kappa shape index (κ3) is 4.24. The minimum absolute atomic E-state index is 0.545. The number of aromatic nitrogens is 2. The minimum atomic E-state index is 0.545. The lowest BCUT2D eigenvalue weighted by Crippen LogP contribution is -2.02. The number of hydrogen-bond donors (Lipinski definition) is 0. The molecule has 0 atom stereocenters. The van der Waals surface area contributed by atoms with Gasteiger partial charge in [-0.3, -0.25) is 0 Å². The van der Waals surface area contributed by atoms with E-state index in [0.717, 1.165) is 77.2 Å². The third-order valence-corrected chi connectivity index (χ3v) is 9.65. The van der Waals surface area contributed by atoms with Crippen LogP contribution in [-0.2, 0) is 0 Å². The van der Waals surface area contributed by atoms with Crippen molar-refractivity contribution < 1.29 is 0 Å². The van der Waals surface area contributed by atoms with Crippen LogP contribution in [-0.4, -0.2) is 9.13 Å². The first-order valence-corrected chi connectivity index (χ1v) is 16.3. The van der Waals surface area contributed by atoms with E-state index >= 15 is 0 Å². The molecule has 5 nitrogen and oxygen atoms in total. The van der Waals surface area contributed by atoms with Crippen LogP contribution in [0.2, 0.25) is 0 Å². The van der Waals surface area contributed by atoms with Gasteiger partial charge in [0.15, 0.2) is 0 Å². The van der Waals surface area contributed by atoms with E-state index in [-0.39, 0.29) is 0 Å². The SMILES string of the molecule is N#Cc1ccc2c(c1)c1ccccc1n2-c1ccc(-c2c(C#N)cccc2-c2cccc(C#N)c2-n2c3ccccc3c3ccccc32)cc1. The second kappa shape index (κ2) is 11.4. The highest BCUT2D eigenvalue weighted by Crippen LogP contribution is 2.42. The van der Waals surface area contributed by atoms with Crippen LogP contribution in [0.3, 0.4) is 0 Å². The molecule has 9 rings (SSSR count). The summed E-state index contributed by atoms with van der Waals surface area (Å²) in [7, 11) is 0. The molecule has 0 aliphatic heterocycles. The van der Waals surface area contributed by atoms with Gasteiger partial charge < -0.3 is 9.13 Å². The van der Waals surface area contributed by atoms with E-state index in [0.29, 0.717) is 16.7 Å². The van der Waals surface area contributed by atoms with E-state index in [9.17, 15) is 15.8 Å². The van der Waals surface area contributed by atoms with E-state index in [4.69, 9.17) is 0 Å². The zero-order valence-corrected chi connectivity index (χ0v) is 26.7. The van der Waals surface area contributed by atoms with Crippen LogP contribution in [0.4, 0.5) is 0 Å². The lowest BCUT2D eigenvalue weighted by Gasteiger charge is -2.19. The zero-order valence-electron chi connectivity index (χ0n) is 26.7. The average molecular weight is 636 g/mol. The smallest absolute Gasteiger partial charge is 0.101 e. The van der Waals surface area contributed by atoms with Gasteiger partial charge in [0.1, 0.15) is 6.07 Å². The number of para-hydroxylation sites is 4. The maximum Gasteiger partial charge on any atom is 0.101 e. The summed E-state index contributed by atoms with van der Waals surface area (Å²) in [4.78, 5) is 0. The number of rotatable bonds is 4. The van der Waals surface area contributed by atoms with Crippen molar-refractivity contribution in [2.24, 2.45) is 0 Å². The predicted octanol–water partition coefficient (Wildman–Crippen LogP) is 10.8. The summed E-state index contributed by atoms with van der Waals surface area (Å²) in [6, 6.07) is 57.6. The van der Waals surface area contributed by atoms with Crippen LogP contribution in [0.25, 0.3) is 77.2 Å². The molecule has 0 saturated carbocycles. The molecule has 230 valence electrons. The highest BCUT2D eigenvalue weighted by molar-refractivity contribution is 6.11. The number of nitrogens with zero attached hydrogens (tertiary/aromatic N) is 5. The van der Waals surface area contributed by atoms with Crippen molar-refractivity contribution in [1.82, 2.24) is 9.13 Å². The van der Waals surface area contributed by atoms with E-state index in [1.54, 1.807) is 0 Å². The second-order valence-corrected chi connectivity index (χ2v) is 12.3. The fourth-order valence-electron chi connectivity index (χ4n) is 7.53. The predicted molar refractivity (Wildman–Crippen MR) is 200 cm³/mol. The quantitative estimate of drug-likeness (QED) is 0.193. The molecule has 0 N–H and O–H groups in total. The van der Waals surface area contributed by atoms with Crippen molar-refractivity contribution in [3.63, 3.8) is 0 Å². The topological polar surface area (TPSA) is 81.2 Å². The molecule has 7 aromatic carbocycles. The van der Waals surface area contributed by atoms with Crippen molar-refractivity contribution >= 4 is 43.6 Å². The van der Waals surface area contributed by atoms with Crippen molar-refractivity contribution in [1.29, 1.82) is 15.8 Å². The maximum absolute atomic E-state index is 10.5. The summed E-state index contributed by atoms with van der Waals surface area (Å²) in [6.07, 6.45) is 0. The first-order chi connectivity index (χ1) is 24.7. The third-order valence-electron chi connectivity index (χ3n) is 9.65. The van der Waals surface area contributed by atoms with Gasteiger partial charge in [-0.2, -0.15) is 15.8 Å². The monoisotopic (exact) mass is 635 g/mol. The molecule has 9 aromatic rings. The largest absolute Gasteiger partial charge is 0.309 e. The molecule has 2 heterocycles. The Labute approximate surface area is 287 Å². The Morgan fingerprint density at radius 1 is 0.400 bits per heavy atom. The lowest BCUT2D eigenvalue weighted by molar-refractivity contribution is 1.17. The lowest BCUT2D eigenvalue weighted by atomic mass is 9.89. The van der Waals surface area contributed by atoms with Gasteiger partial charge in [-0.15, -0.1) is 0 Å². The summed E-state index contributed by atoms with van der Waals surface area (Å²) < 4.78 is 4.40. The summed E-state index contributed by atoms with van der Waals surface area (Å²) in [5, 5.41) is 34.8. The Balaban J connectivity index is 1.27. The Morgan fingerprint density at radius 3 is 1.56 bits per heavy atom. The number of fused-ring (bicyclic) bond motifs is 6.